The third kappa shape index (κ3) is 5.94. The van der Waals surface area contributed by atoms with Gasteiger partial charge in [-0.3, -0.25) is 9.59 Å². The van der Waals surface area contributed by atoms with Gasteiger partial charge in [0.05, 0.1) is 21.0 Å². The Kier molecular flexibility index (Phi) is 7.82. The molecule has 26 heavy (non-hydrogen) atoms. The third-order valence-corrected chi connectivity index (χ3v) is 5.44. The number of nitrogens with one attached hydrogen (secondary N) is 2. The quantitative estimate of drug-likeness (QED) is 0.562. The number of benzene rings is 2. The van der Waals surface area contributed by atoms with E-state index in [1.807, 2.05) is 38.1 Å². The number of rotatable bonds is 7. The maximum absolute atomic E-state index is 12.4. The molecule has 4 nitrogen and oxygen atoms in total. The fourth-order valence-corrected chi connectivity index (χ4v) is 3.37. The summed E-state index contributed by atoms with van der Waals surface area (Å²) in [5, 5.41) is 6.02. The second-order valence-corrected chi connectivity index (χ2v) is 7.87. The van der Waals surface area contributed by atoms with Crippen molar-refractivity contribution in [1.29, 1.82) is 0 Å². The van der Waals surface area contributed by atoms with E-state index >= 15 is 0 Å². The summed E-state index contributed by atoms with van der Waals surface area (Å²) in [5.41, 5.74) is 1.24. The van der Waals surface area contributed by atoms with Gasteiger partial charge in [0.2, 0.25) is 11.8 Å². The molecule has 2 aromatic carbocycles. The maximum atomic E-state index is 12.4. The molecule has 0 spiro atoms. The number of hydrogen-bond donors (Lipinski definition) is 2. The minimum atomic E-state index is -0.328. The molecule has 2 aromatic rings. The number of anilines is 2. The Bertz CT molecular complexity index is 782. The Morgan fingerprint density at radius 3 is 2.42 bits per heavy atom. The summed E-state index contributed by atoms with van der Waals surface area (Å²) in [5.74, 6) is -0.168. The van der Waals surface area contributed by atoms with Gasteiger partial charge in [-0.2, -0.15) is 0 Å². The van der Waals surface area contributed by atoms with Crippen LogP contribution in [0.15, 0.2) is 47.4 Å². The predicted octanol–water partition coefficient (Wildman–Crippen LogP) is 5.85. The van der Waals surface area contributed by atoms with Crippen LogP contribution < -0.4 is 10.6 Å². The van der Waals surface area contributed by atoms with Crippen molar-refractivity contribution in [3.05, 3.63) is 52.5 Å². The molecule has 2 rings (SSSR count). The minimum absolute atomic E-state index is 0.000880. The Labute approximate surface area is 167 Å². The molecule has 0 saturated heterocycles. The lowest BCUT2D eigenvalue weighted by atomic mass is 10.3. The van der Waals surface area contributed by atoms with Gasteiger partial charge in [-0.25, -0.2) is 0 Å². The zero-order valence-corrected chi connectivity index (χ0v) is 16.8. The molecular weight excluding hydrogens is 391 g/mol. The number of carbonyl (C=O) groups excluding carboxylic acids is 2. The van der Waals surface area contributed by atoms with Crippen LogP contribution in [0.3, 0.4) is 0 Å². The number of halogens is 2. The maximum Gasteiger partial charge on any atom is 0.237 e. The van der Waals surface area contributed by atoms with Gasteiger partial charge in [-0.05, 0) is 49.7 Å². The normalized spacial score (nSPS) is 11.7. The highest BCUT2D eigenvalue weighted by Gasteiger charge is 2.16. The zero-order valence-electron chi connectivity index (χ0n) is 14.5. The van der Waals surface area contributed by atoms with Crippen LogP contribution in [0, 0.1) is 0 Å². The molecular formula is C19H20Cl2N2O2S. The summed E-state index contributed by atoms with van der Waals surface area (Å²) < 4.78 is 0. The second kappa shape index (κ2) is 9.86. The molecule has 0 aliphatic rings. The molecule has 0 heterocycles. The summed E-state index contributed by atoms with van der Waals surface area (Å²) in [7, 11) is 0. The third-order valence-electron chi connectivity index (χ3n) is 3.51. The molecule has 1 unspecified atom stereocenters. The molecule has 2 N–H and O–H groups in total. The van der Waals surface area contributed by atoms with E-state index in [0.717, 1.165) is 17.0 Å². The molecule has 0 bridgehead atoms. The molecule has 0 fully saturated rings. The van der Waals surface area contributed by atoms with E-state index in [0.29, 0.717) is 22.2 Å². The molecule has 1 atom stereocenters. The molecule has 0 aliphatic carbocycles. The van der Waals surface area contributed by atoms with Gasteiger partial charge < -0.3 is 10.6 Å². The average Bonchev–Trinajstić information content (AvgIpc) is 2.60. The Balaban J connectivity index is 1.94. The lowest BCUT2D eigenvalue weighted by molar-refractivity contribution is -0.116. The molecule has 0 radical (unpaired) electrons. The van der Waals surface area contributed by atoms with Gasteiger partial charge in [0.25, 0.3) is 0 Å². The van der Waals surface area contributed by atoms with Crippen molar-refractivity contribution in [3.63, 3.8) is 0 Å². The summed E-state index contributed by atoms with van der Waals surface area (Å²) in [6.07, 6.45) is 1.31. The predicted molar refractivity (Wildman–Crippen MR) is 110 cm³/mol. The minimum Gasteiger partial charge on any atom is -0.326 e. The molecule has 0 aromatic heterocycles. The van der Waals surface area contributed by atoms with Crippen LogP contribution in [0.5, 0.6) is 0 Å². The lowest BCUT2D eigenvalue weighted by Gasteiger charge is -2.14. The summed E-state index contributed by atoms with van der Waals surface area (Å²) >= 11 is 13.5. The summed E-state index contributed by atoms with van der Waals surface area (Å²) in [6, 6.07) is 12.5. The first-order chi connectivity index (χ1) is 12.4. The second-order valence-electron chi connectivity index (χ2n) is 5.67. The van der Waals surface area contributed by atoms with Crippen LogP contribution in [0.2, 0.25) is 10.0 Å². The van der Waals surface area contributed by atoms with Crippen molar-refractivity contribution in [2.45, 2.75) is 36.8 Å². The van der Waals surface area contributed by atoms with E-state index in [1.54, 1.807) is 18.2 Å². The van der Waals surface area contributed by atoms with Crippen LogP contribution in [0.1, 0.15) is 26.7 Å². The van der Waals surface area contributed by atoms with Gasteiger partial charge >= 0.3 is 0 Å². The Morgan fingerprint density at radius 2 is 1.77 bits per heavy atom. The van der Waals surface area contributed by atoms with Crippen LogP contribution in [0.4, 0.5) is 11.4 Å². The van der Waals surface area contributed by atoms with E-state index in [2.05, 4.69) is 10.6 Å². The van der Waals surface area contributed by atoms with Crippen LogP contribution in [-0.4, -0.2) is 17.1 Å². The van der Waals surface area contributed by atoms with Crippen molar-refractivity contribution in [1.82, 2.24) is 0 Å². The monoisotopic (exact) mass is 410 g/mol. The van der Waals surface area contributed by atoms with Crippen LogP contribution in [0.25, 0.3) is 0 Å². The van der Waals surface area contributed by atoms with E-state index in [-0.39, 0.29) is 17.1 Å². The largest absolute Gasteiger partial charge is 0.326 e. The van der Waals surface area contributed by atoms with Gasteiger partial charge in [-0.15, -0.1) is 11.8 Å². The van der Waals surface area contributed by atoms with Crippen molar-refractivity contribution < 1.29 is 9.59 Å². The fourth-order valence-electron chi connectivity index (χ4n) is 2.16. The molecule has 138 valence electrons. The Morgan fingerprint density at radius 1 is 1.08 bits per heavy atom. The molecule has 0 aliphatic heterocycles. The standard InChI is InChI=1S/C19H20Cl2N2O2S/c1-3-5-17(24)22-13-8-10-14(11-9-13)26-12(2)19(25)23-16-7-4-6-15(20)18(16)21/h4,6-12H,3,5H2,1-2H3,(H,22,24)(H,23,25). The van der Waals surface area contributed by atoms with Gasteiger partial charge in [0, 0.05) is 17.0 Å². The topological polar surface area (TPSA) is 58.2 Å². The highest BCUT2D eigenvalue weighted by atomic mass is 35.5. The van der Waals surface area contributed by atoms with E-state index in [9.17, 15) is 9.59 Å². The average molecular weight is 411 g/mol. The lowest BCUT2D eigenvalue weighted by Crippen LogP contribution is -2.22. The van der Waals surface area contributed by atoms with Crippen molar-refractivity contribution in [2.24, 2.45) is 0 Å². The van der Waals surface area contributed by atoms with Gasteiger partial charge in [0.1, 0.15) is 0 Å². The Hall–Kier alpha value is -1.69. The first-order valence-corrected chi connectivity index (χ1v) is 9.85. The smallest absolute Gasteiger partial charge is 0.237 e. The zero-order chi connectivity index (χ0) is 19.1. The van der Waals surface area contributed by atoms with Gasteiger partial charge in [-0.1, -0.05) is 36.2 Å². The van der Waals surface area contributed by atoms with E-state index in [1.165, 1.54) is 11.8 Å². The number of amides is 2. The van der Waals surface area contributed by atoms with Crippen molar-refractivity contribution >= 4 is 58.2 Å². The first-order valence-electron chi connectivity index (χ1n) is 8.22. The highest BCUT2D eigenvalue weighted by molar-refractivity contribution is 8.00. The summed E-state index contributed by atoms with van der Waals surface area (Å²) in [4.78, 5) is 24.9. The van der Waals surface area contributed by atoms with Crippen molar-refractivity contribution in [2.75, 3.05) is 10.6 Å². The van der Waals surface area contributed by atoms with E-state index in [4.69, 9.17) is 23.2 Å². The van der Waals surface area contributed by atoms with Gasteiger partial charge in [0.15, 0.2) is 0 Å². The highest BCUT2D eigenvalue weighted by Crippen LogP contribution is 2.31. The van der Waals surface area contributed by atoms with E-state index < -0.39 is 0 Å². The number of carbonyl (C=O) groups is 2. The molecule has 2 amide bonds. The summed E-state index contributed by atoms with van der Waals surface area (Å²) in [6.45, 7) is 3.78. The molecule has 0 saturated carbocycles. The SMILES string of the molecule is CCCC(=O)Nc1ccc(SC(C)C(=O)Nc2cccc(Cl)c2Cl)cc1. The van der Waals surface area contributed by atoms with Crippen molar-refractivity contribution in [3.8, 4) is 0 Å². The van der Waals surface area contributed by atoms with Crippen LogP contribution >= 0.6 is 35.0 Å². The fraction of sp³-hybridized carbons (Fsp3) is 0.263. The molecule has 7 heteroatoms. The number of hydrogen-bond acceptors (Lipinski definition) is 3. The first kappa shape index (κ1) is 20.6. The number of thioether (sulfide) groups is 1. The van der Waals surface area contributed by atoms with Crippen LogP contribution in [-0.2, 0) is 9.59 Å².